The molecule has 0 aromatic carbocycles. The van der Waals surface area contributed by atoms with Gasteiger partial charge >= 0.3 is 0 Å². The number of pyridine rings is 1. The van der Waals surface area contributed by atoms with E-state index in [0.717, 1.165) is 23.3 Å². The van der Waals surface area contributed by atoms with Crippen LogP contribution in [0.5, 0.6) is 0 Å². The third-order valence-electron chi connectivity index (χ3n) is 6.33. The second-order valence-corrected chi connectivity index (χ2v) is 8.64. The molecule has 0 saturated heterocycles. The van der Waals surface area contributed by atoms with Crippen molar-refractivity contribution in [3.63, 3.8) is 0 Å². The average Bonchev–Trinajstić information content (AvgIpc) is 2.53. The minimum absolute atomic E-state index is 0.0146. The fourth-order valence-electron chi connectivity index (χ4n) is 5.82. The summed E-state index contributed by atoms with van der Waals surface area (Å²) in [6, 6.07) is 3.67. The molecule has 5 rings (SSSR count). The highest BCUT2D eigenvalue weighted by molar-refractivity contribution is 5.93. The molecule has 4 bridgehead atoms. The topological polar surface area (TPSA) is 71.1 Å². The Labute approximate surface area is 149 Å². The Hall–Kier alpha value is -1.91. The summed E-state index contributed by atoms with van der Waals surface area (Å²) in [7, 11) is 0. The number of nitrogens with zero attached hydrogens (tertiary/aromatic N) is 1. The molecular weight excluding hydrogens is 314 g/mol. The smallest absolute Gasteiger partial charge is 0.244 e. The van der Waals surface area contributed by atoms with Gasteiger partial charge in [-0.05, 0) is 80.2 Å². The lowest BCUT2D eigenvalue weighted by Crippen LogP contribution is -2.48. The molecule has 0 spiro atoms. The SMILES string of the molecule is Cc1ccc(NC(=O)CNC(=O)CC23CC4CC(CC(C4)C2)C3)nc1. The number of aryl methyl sites for hydroxylation is 1. The molecule has 5 nitrogen and oxygen atoms in total. The predicted molar refractivity (Wildman–Crippen MR) is 95.8 cm³/mol. The molecule has 0 radical (unpaired) electrons. The van der Waals surface area contributed by atoms with Gasteiger partial charge in [-0.25, -0.2) is 4.98 Å². The van der Waals surface area contributed by atoms with Gasteiger partial charge in [-0.15, -0.1) is 0 Å². The Kier molecular flexibility index (Phi) is 4.26. The summed E-state index contributed by atoms with van der Waals surface area (Å²) in [6.45, 7) is 1.96. The van der Waals surface area contributed by atoms with E-state index in [-0.39, 0.29) is 23.8 Å². The number of anilines is 1. The van der Waals surface area contributed by atoms with Crippen LogP contribution in [0.25, 0.3) is 0 Å². The Balaban J connectivity index is 1.26. The molecule has 2 N–H and O–H groups in total. The van der Waals surface area contributed by atoms with E-state index in [1.165, 1.54) is 38.5 Å². The van der Waals surface area contributed by atoms with Gasteiger partial charge in [0.25, 0.3) is 0 Å². The van der Waals surface area contributed by atoms with Crippen LogP contribution in [0.15, 0.2) is 18.3 Å². The van der Waals surface area contributed by atoms with Crippen molar-refractivity contribution in [3.8, 4) is 0 Å². The second kappa shape index (κ2) is 6.43. The van der Waals surface area contributed by atoms with Crippen LogP contribution in [-0.2, 0) is 9.59 Å². The maximum absolute atomic E-state index is 12.4. The van der Waals surface area contributed by atoms with Gasteiger partial charge in [0.2, 0.25) is 11.8 Å². The van der Waals surface area contributed by atoms with Gasteiger partial charge in [-0.2, -0.15) is 0 Å². The molecule has 0 aliphatic heterocycles. The number of amides is 2. The molecule has 4 fully saturated rings. The number of carbonyl (C=O) groups is 2. The highest BCUT2D eigenvalue weighted by Crippen LogP contribution is 2.61. The molecule has 0 unspecified atom stereocenters. The Morgan fingerprint density at radius 2 is 1.72 bits per heavy atom. The van der Waals surface area contributed by atoms with Gasteiger partial charge in [0.15, 0.2) is 0 Å². The summed E-state index contributed by atoms with van der Waals surface area (Å²) in [4.78, 5) is 28.6. The van der Waals surface area contributed by atoms with Crippen LogP contribution in [-0.4, -0.2) is 23.3 Å². The molecule has 25 heavy (non-hydrogen) atoms. The molecule has 4 aliphatic carbocycles. The maximum Gasteiger partial charge on any atom is 0.244 e. The number of aromatic nitrogens is 1. The Morgan fingerprint density at radius 1 is 1.08 bits per heavy atom. The summed E-state index contributed by atoms with van der Waals surface area (Å²) in [5, 5.41) is 5.53. The van der Waals surface area contributed by atoms with Crippen LogP contribution in [0, 0.1) is 30.1 Å². The van der Waals surface area contributed by atoms with Crippen LogP contribution in [0.2, 0.25) is 0 Å². The number of hydrogen-bond donors (Lipinski definition) is 2. The van der Waals surface area contributed by atoms with Crippen LogP contribution in [0.4, 0.5) is 5.82 Å². The van der Waals surface area contributed by atoms with Crippen LogP contribution in [0.3, 0.4) is 0 Å². The van der Waals surface area contributed by atoms with Gasteiger partial charge in [0.05, 0.1) is 6.54 Å². The summed E-state index contributed by atoms with van der Waals surface area (Å²) in [5.41, 5.74) is 1.26. The normalized spacial score (nSPS) is 32.4. The first-order valence-electron chi connectivity index (χ1n) is 9.49. The van der Waals surface area contributed by atoms with Crippen molar-refractivity contribution in [2.45, 2.75) is 51.9 Å². The monoisotopic (exact) mass is 341 g/mol. The van der Waals surface area contributed by atoms with Gasteiger partial charge in [0.1, 0.15) is 5.82 Å². The highest BCUT2D eigenvalue weighted by atomic mass is 16.2. The quantitative estimate of drug-likeness (QED) is 0.865. The minimum atomic E-state index is -0.227. The predicted octanol–water partition coefficient (Wildman–Crippen LogP) is 3.05. The first kappa shape index (κ1) is 16.6. The molecule has 2 amide bonds. The molecule has 4 saturated carbocycles. The van der Waals surface area contributed by atoms with E-state index in [9.17, 15) is 9.59 Å². The van der Waals surface area contributed by atoms with Crippen molar-refractivity contribution < 1.29 is 9.59 Å². The van der Waals surface area contributed by atoms with Gasteiger partial charge < -0.3 is 10.6 Å². The summed E-state index contributed by atoms with van der Waals surface area (Å²) in [6.07, 6.45) is 10.1. The summed E-state index contributed by atoms with van der Waals surface area (Å²) in [5.74, 6) is 2.84. The summed E-state index contributed by atoms with van der Waals surface area (Å²) < 4.78 is 0. The molecule has 4 aliphatic rings. The maximum atomic E-state index is 12.4. The molecule has 134 valence electrons. The molecule has 0 atom stereocenters. The number of nitrogens with one attached hydrogen (secondary N) is 2. The molecule has 5 heteroatoms. The zero-order valence-electron chi connectivity index (χ0n) is 14.9. The zero-order valence-corrected chi connectivity index (χ0v) is 14.9. The van der Waals surface area contributed by atoms with E-state index in [1.54, 1.807) is 12.3 Å². The van der Waals surface area contributed by atoms with Crippen molar-refractivity contribution in [2.24, 2.45) is 23.2 Å². The van der Waals surface area contributed by atoms with Crippen molar-refractivity contribution >= 4 is 17.6 Å². The average molecular weight is 341 g/mol. The van der Waals surface area contributed by atoms with Crippen molar-refractivity contribution in [3.05, 3.63) is 23.9 Å². The van der Waals surface area contributed by atoms with Gasteiger partial charge in [-0.3, -0.25) is 9.59 Å². The lowest BCUT2D eigenvalue weighted by Gasteiger charge is -2.56. The van der Waals surface area contributed by atoms with Crippen LogP contribution in [0.1, 0.15) is 50.5 Å². The molecule has 1 aromatic heterocycles. The van der Waals surface area contributed by atoms with Crippen molar-refractivity contribution in [1.82, 2.24) is 10.3 Å². The lowest BCUT2D eigenvalue weighted by atomic mass is 9.49. The minimum Gasteiger partial charge on any atom is -0.347 e. The van der Waals surface area contributed by atoms with E-state index in [1.807, 2.05) is 13.0 Å². The van der Waals surface area contributed by atoms with Crippen LogP contribution < -0.4 is 10.6 Å². The second-order valence-electron chi connectivity index (χ2n) is 8.64. The van der Waals surface area contributed by atoms with Gasteiger partial charge in [0, 0.05) is 12.6 Å². The van der Waals surface area contributed by atoms with E-state index in [0.29, 0.717) is 12.2 Å². The standard InChI is InChI=1S/C20H27N3O2/c1-13-2-3-17(21-11-13)23-19(25)12-22-18(24)10-20-7-14-4-15(8-20)6-16(5-14)9-20/h2-3,11,14-16H,4-10,12H2,1H3,(H,22,24)(H,21,23,25). The van der Waals surface area contributed by atoms with E-state index in [4.69, 9.17) is 0 Å². The molecular formula is C20H27N3O2. The fourth-order valence-corrected chi connectivity index (χ4v) is 5.82. The molecule has 1 heterocycles. The van der Waals surface area contributed by atoms with E-state index >= 15 is 0 Å². The third-order valence-corrected chi connectivity index (χ3v) is 6.33. The van der Waals surface area contributed by atoms with Crippen molar-refractivity contribution in [1.29, 1.82) is 0 Å². The molecule has 1 aromatic rings. The van der Waals surface area contributed by atoms with E-state index < -0.39 is 0 Å². The summed E-state index contributed by atoms with van der Waals surface area (Å²) >= 11 is 0. The Morgan fingerprint density at radius 3 is 2.28 bits per heavy atom. The first-order valence-corrected chi connectivity index (χ1v) is 9.49. The first-order chi connectivity index (χ1) is 12.0. The Bertz CT molecular complexity index is 633. The van der Waals surface area contributed by atoms with E-state index in [2.05, 4.69) is 15.6 Å². The lowest BCUT2D eigenvalue weighted by molar-refractivity contribution is -0.131. The number of rotatable bonds is 5. The van der Waals surface area contributed by atoms with Crippen LogP contribution >= 0.6 is 0 Å². The number of carbonyl (C=O) groups excluding carboxylic acids is 2. The zero-order chi connectivity index (χ0) is 17.4. The third kappa shape index (κ3) is 3.70. The largest absolute Gasteiger partial charge is 0.347 e. The van der Waals surface area contributed by atoms with Gasteiger partial charge in [-0.1, -0.05) is 6.07 Å². The fraction of sp³-hybridized carbons (Fsp3) is 0.650. The number of hydrogen-bond acceptors (Lipinski definition) is 3. The highest BCUT2D eigenvalue weighted by Gasteiger charge is 2.51. The van der Waals surface area contributed by atoms with Crippen molar-refractivity contribution in [2.75, 3.05) is 11.9 Å².